The Morgan fingerprint density at radius 1 is 1.16 bits per heavy atom. The van der Waals surface area contributed by atoms with Crippen molar-refractivity contribution in [1.29, 1.82) is 0 Å². The summed E-state index contributed by atoms with van der Waals surface area (Å²) in [6.07, 6.45) is 5.02. The molecule has 4 heterocycles. The van der Waals surface area contributed by atoms with E-state index in [1.165, 1.54) is 22.7 Å². The van der Waals surface area contributed by atoms with Crippen LogP contribution in [-0.4, -0.2) is 89.0 Å². The predicted octanol–water partition coefficient (Wildman–Crippen LogP) is 0.703. The molecular formula is C24H30N8O5S. The van der Waals surface area contributed by atoms with Crippen LogP contribution in [0.4, 0.5) is 5.82 Å². The lowest BCUT2D eigenvalue weighted by Gasteiger charge is -2.41. The zero-order valence-electron chi connectivity index (χ0n) is 21.4. The van der Waals surface area contributed by atoms with Crippen LogP contribution in [0.3, 0.4) is 0 Å². The van der Waals surface area contributed by atoms with E-state index < -0.39 is 16.3 Å². The number of aromatic nitrogens is 4. The highest BCUT2D eigenvalue weighted by atomic mass is 32.2. The summed E-state index contributed by atoms with van der Waals surface area (Å²) in [6, 6.07) is 6.74. The Balaban J connectivity index is 1.32. The molecule has 0 spiro atoms. The Hall–Kier alpha value is -3.75. The second-order valence-electron chi connectivity index (χ2n) is 9.31. The number of aryl methyl sites for hydroxylation is 1. The number of amides is 1. The third-order valence-corrected chi connectivity index (χ3v) is 8.42. The first kappa shape index (κ1) is 25.9. The number of fused-ring (bicyclic) bond motifs is 1. The lowest BCUT2D eigenvalue weighted by Crippen LogP contribution is -2.58. The molecule has 2 aliphatic rings. The van der Waals surface area contributed by atoms with Gasteiger partial charge in [0.25, 0.3) is 10.2 Å². The van der Waals surface area contributed by atoms with Crippen molar-refractivity contribution in [2.24, 2.45) is 0 Å². The van der Waals surface area contributed by atoms with Crippen LogP contribution in [0.25, 0.3) is 5.95 Å². The van der Waals surface area contributed by atoms with Gasteiger partial charge in [0.2, 0.25) is 18.6 Å². The summed E-state index contributed by atoms with van der Waals surface area (Å²) in [5, 5.41) is 2.91. The lowest BCUT2D eigenvalue weighted by atomic mass is 10.1. The summed E-state index contributed by atoms with van der Waals surface area (Å²) in [5.74, 6) is 2.18. The average molecular weight is 543 g/mol. The average Bonchev–Trinajstić information content (AvgIpc) is 3.59. The zero-order chi connectivity index (χ0) is 26.9. The van der Waals surface area contributed by atoms with Crippen molar-refractivity contribution in [3.05, 3.63) is 54.2 Å². The molecule has 2 aromatic heterocycles. The summed E-state index contributed by atoms with van der Waals surface area (Å²) in [7, 11) is -0.762. The smallest absolute Gasteiger partial charge is 0.281 e. The quantitative estimate of drug-likeness (QED) is 0.436. The van der Waals surface area contributed by atoms with Crippen molar-refractivity contribution in [1.82, 2.24) is 33.4 Å². The monoisotopic (exact) mass is 542 g/mol. The molecule has 0 aliphatic carbocycles. The number of imidazole rings is 1. The first-order chi connectivity index (χ1) is 18.2. The Kier molecular flexibility index (Phi) is 7.19. The van der Waals surface area contributed by atoms with Crippen LogP contribution in [0.1, 0.15) is 17.7 Å². The number of carbonyl (C=O) groups is 1. The summed E-state index contributed by atoms with van der Waals surface area (Å²) in [5.41, 5.74) is 1.62. The molecule has 1 aromatic carbocycles. The van der Waals surface area contributed by atoms with Crippen LogP contribution in [0.15, 0.2) is 43.0 Å². The third kappa shape index (κ3) is 5.42. The maximum atomic E-state index is 13.1. The van der Waals surface area contributed by atoms with Crippen LogP contribution in [0.5, 0.6) is 11.5 Å². The number of carbonyl (C=O) groups excluding carboxylic acids is 1. The molecule has 202 valence electrons. The molecule has 1 N–H and O–H groups in total. The zero-order valence-corrected chi connectivity index (χ0v) is 22.3. The number of rotatable bonds is 8. The van der Waals surface area contributed by atoms with Gasteiger partial charge in [0.15, 0.2) is 11.5 Å². The van der Waals surface area contributed by atoms with Gasteiger partial charge in [-0.3, -0.25) is 9.36 Å². The molecule has 1 saturated heterocycles. The molecule has 1 amide bonds. The van der Waals surface area contributed by atoms with E-state index in [0.717, 1.165) is 11.3 Å². The second-order valence-corrected chi connectivity index (χ2v) is 11.4. The van der Waals surface area contributed by atoms with E-state index in [-0.39, 0.29) is 32.2 Å². The minimum Gasteiger partial charge on any atom is -0.454 e. The van der Waals surface area contributed by atoms with Gasteiger partial charge in [0.1, 0.15) is 12.1 Å². The van der Waals surface area contributed by atoms with Crippen molar-refractivity contribution in [2.45, 2.75) is 25.9 Å². The van der Waals surface area contributed by atoms with E-state index in [1.807, 2.05) is 30.0 Å². The number of nitrogens with one attached hydrogen (secondary N) is 1. The summed E-state index contributed by atoms with van der Waals surface area (Å²) in [6.45, 7) is 3.26. The molecule has 1 atom stereocenters. The van der Waals surface area contributed by atoms with Crippen molar-refractivity contribution < 1.29 is 22.7 Å². The fourth-order valence-electron chi connectivity index (χ4n) is 4.46. The van der Waals surface area contributed by atoms with E-state index in [0.29, 0.717) is 36.4 Å². The molecule has 2 aliphatic heterocycles. The molecule has 14 heteroatoms. The van der Waals surface area contributed by atoms with Crippen molar-refractivity contribution >= 4 is 21.9 Å². The van der Waals surface area contributed by atoms with Crippen LogP contribution in [-0.2, 0) is 21.5 Å². The fourth-order valence-corrected chi connectivity index (χ4v) is 5.71. The number of benzene rings is 1. The van der Waals surface area contributed by atoms with Gasteiger partial charge in [-0.25, -0.2) is 9.97 Å². The SMILES string of the molecule is Cc1cc(N2CCN(S(=O)(=O)N(C)C)C(CC(=O)NCc3ccc4c(c3)OCO4)C2)nc(-n2ccnc2)n1. The molecule has 3 aromatic rings. The van der Waals surface area contributed by atoms with Gasteiger partial charge < -0.3 is 19.7 Å². The highest BCUT2D eigenvalue weighted by Gasteiger charge is 2.38. The fraction of sp³-hybridized carbons (Fsp3) is 0.417. The van der Waals surface area contributed by atoms with Crippen molar-refractivity contribution in [2.75, 3.05) is 45.4 Å². The Labute approximate surface area is 221 Å². The Morgan fingerprint density at radius 2 is 1.97 bits per heavy atom. The predicted molar refractivity (Wildman–Crippen MR) is 138 cm³/mol. The molecule has 38 heavy (non-hydrogen) atoms. The number of piperazine rings is 1. The molecule has 13 nitrogen and oxygen atoms in total. The van der Waals surface area contributed by atoms with Gasteiger partial charge in [-0.1, -0.05) is 6.07 Å². The van der Waals surface area contributed by atoms with E-state index >= 15 is 0 Å². The van der Waals surface area contributed by atoms with Crippen LogP contribution >= 0.6 is 0 Å². The van der Waals surface area contributed by atoms with Gasteiger partial charge in [-0.2, -0.15) is 22.0 Å². The van der Waals surface area contributed by atoms with E-state index in [1.54, 1.807) is 29.4 Å². The number of anilines is 1. The van der Waals surface area contributed by atoms with Gasteiger partial charge in [-0.15, -0.1) is 0 Å². The maximum absolute atomic E-state index is 13.1. The van der Waals surface area contributed by atoms with E-state index in [4.69, 9.17) is 9.47 Å². The maximum Gasteiger partial charge on any atom is 0.281 e. The Bertz CT molecular complexity index is 1410. The topological polar surface area (TPSA) is 135 Å². The molecule has 5 rings (SSSR count). The highest BCUT2D eigenvalue weighted by Crippen LogP contribution is 2.32. The largest absolute Gasteiger partial charge is 0.454 e. The lowest BCUT2D eigenvalue weighted by molar-refractivity contribution is -0.122. The molecule has 0 radical (unpaired) electrons. The normalized spacial score (nSPS) is 17.7. The van der Waals surface area contributed by atoms with Crippen LogP contribution in [0, 0.1) is 6.92 Å². The van der Waals surface area contributed by atoms with Gasteiger partial charge in [0.05, 0.1) is 6.04 Å². The van der Waals surface area contributed by atoms with E-state index in [2.05, 4.69) is 20.3 Å². The molecule has 0 saturated carbocycles. The van der Waals surface area contributed by atoms with Gasteiger partial charge in [0, 0.05) is 70.8 Å². The second kappa shape index (κ2) is 10.6. The first-order valence-electron chi connectivity index (χ1n) is 12.1. The number of hydrogen-bond donors (Lipinski definition) is 1. The number of nitrogens with zero attached hydrogens (tertiary/aromatic N) is 7. The van der Waals surface area contributed by atoms with E-state index in [9.17, 15) is 13.2 Å². The van der Waals surface area contributed by atoms with Gasteiger partial charge >= 0.3 is 0 Å². The minimum absolute atomic E-state index is 0.00738. The van der Waals surface area contributed by atoms with Crippen molar-refractivity contribution in [3.8, 4) is 17.4 Å². The van der Waals surface area contributed by atoms with Crippen molar-refractivity contribution in [3.63, 3.8) is 0 Å². The molecule has 1 unspecified atom stereocenters. The third-order valence-electron chi connectivity index (χ3n) is 6.42. The summed E-state index contributed by atoms with van der Waals surface area (Å²) < 4.78 is 41.2. The van der Waals surface area contributed by atoms with Crippen LogP contribution in [0.2, 0.25) is 0 Å². The standard InChI is InChI=1S/C24H30N8O5S/c1-17-10-22(28-24(27-17)31-7-6-25-15-31)30-8-9-32(38(34,35)29(2)3)19(14-30)12-23(33)26-13-18-4-5-20-21(11-18)37-16-36-20/h4-7,10-11,15,19H,8-9,12-14,16H2,1-3H3,(H,26,33). The minimum atomic E-state index is -3.74. The molecule has 0 bridgehead atoms. The van der Waals surface area contributed by atoms with Gasteiger partial charge in [-0.05, 0) is 24.6 Å². The van der Waals surface area contributed by atoms with Crippen LogP contribution < -0.4 is 19.7 Å². The summed E-state index contributed by atoms with van der Waals surface area (Å²) >= 11 is 0. The number of hydrogen-bond acceptors (Lipinski definition) is 9. The first-order valence-corrected chi connectivity index (χ1v) is 13.5. The molecular weight excluding hydrogens is 512 g/mol. The Morgan fingerprint density at radius 3 is 2.74 bits per heavy atom. The number of ether oxygens (including phenoxy) is 2. The highest BCUT2D eigenvalue weighted by molar-refractivity contribution is 7.86. The molecule has 1 fully saturated rings. The summed E-state index contributed by atoms with van der Waals surface area (Å²) in [4.78, 5) is 28.2.